The Labute approximate surface area is 156 Å². The van der Waals surface area contributed by atoms with Crippen molar-refractivity contribution in [1.82, 2.24) is 4.98 Å². The quantitative estimate of drug-likeness (QED) is 0.535. The van der Waals surface area contributed by atoms with Gasteiger partial charge in [-0.05, 0) is 42.3 Å². The van der Waals surface area contributed by atoms with Crippen LogP contribution < -0.4 is 5.32 Å². The molecule has 4 nitrogen and oxygen atoms in total. The number of para-hydroxylation sites is 1. The first-order chi connectivity index (χ1) is 12.7. The van der Waals surface area contributed by atoms with Gasteiger partial charge in [0.1, 0.15) is 5.92 Å². The Morgan fingerprint density at radius 1 is 1.12 bits per heavy atom. The summed E-state index contributed by atoms with van der Waals surface area (Å²) < 4.78 is 0. The Balaban J connectivity index is 1.74. The minimum absolute atomic E-state index is 0.0398. The van der Waals surface area contributed by atoms with Crippen molar-refractivity contribution in [1.29, 1.82) is 0 Å². The maximum absolute atomic E-state index is 12.6. The van der Waals surface area contributed by atoms with E-state index in [2.05, 4.69) is 10.3 Å². The van der Waals surface area contributed by atoms with Crippen molar-refractivity contribution in [3.8, 4) is 0 Å². The number of halogens is 1. The molecule has 0 radical (unpaired) electrons. The number of nitrogens with one attached hydrogen (secondary N) is 1. The van der Waals surface area contributed by atoms with E-state index in [9.17, 15) is 9.59 Å². The van der Waals surface area contributed by atoms with Gasteiger partial charge in [0, 0.05) is 28.9 Å². The lowest BCUT2D eigenvalue weighted by atomic mass is 9.93. The van der Waals surface area contributed by atoms with E-state index in [1.807, 2.05) is 42.5 Å². The molecule has 1 aromatic heterocycles. The molecule has 0 bridgehead atoms. The summed E-state index contributed by atoms with van der Waals surface area (Å²) in [6, 6.07) is 17.0. The molecule has 0 saturated carbocycles. The molecule has 0 spiro atoms. The van der Waals surface area contributed by atoms with E-state index in [0.29, 0.717) is 30.0 Å². The Bertz CT molecular complexity index is 1020. The molecule has 1 amide bonds. The number of hydrogen-bond acceptors (Lipinski definition) is 3. The Hall–Kier alpha value is -2.72. The molecule has 5 heteroatoms. The summed E-state index contributed by atoms with van der Waals surface area (Å²) in [7, 11) is 0. The second-order valence-electron chi connectivity index (χ2n) is 6.37. The van der Waals surface area contributed by atoms with Gasteiger partial charge < -0.3 is 5.32 Å². The van der Waals surface area contributed by atoms with Crippen molar-refractivity contribution in [2.75, 3.05) is 11.2 Å². The molecule has 130 valence electrons. The average molecular weight is 365 g/mol. The number of amides is 1. The summed E-state index contributed by atoms with van der Waals surface area (Å²) in [6.45, 7) is 0. The van der Waals surface area contributed by atoms with Gasteiger partial charge in [0.05, 0.1) is 11.2 Å². The summed E-state index contributed by atoms with van der Waals surface area (Å²) >= 11 is 5.68. The van der Waals surface area contributed by atoms with Crippen LogP contribution in [0.5, 0.6) is 0 Å². The molecule has 1 aliphatic rings. The van der Waals surface area contributed by atoms with E-state index in [-0.39, 0.29) is 11.7 Å². The fraction of sp³-hybridized carbons (Fsp3) is 0.190. The molecule has 3 aromatic rings. The maximum atomic E-state index is 12.6. The second kappa shape index (κ2) is 6.89. The first kappa shape index (κ1) is 16.7. The van der Waals surface area contributed by atoms with Crippen molar-refractivity contribution in [3.63, 3.8) is 0 Å². The number of nitrogens with zero attached hydrogens (tertiary/aromatic N) is 1. The van der Waals surface area contributed by atoms with Gasteiger partial charge >= 0.3 is 0 Å². The van der Waals surface area contributed by atoms with Gasteiger partial charge in [-0.1, -0.05) is 24.3 Å². The van der Waals surface area contributed by atoms with Gasteiger partial charge in [0.15, 0.2) is 5.78 Å². The smallest absolute Gasteiger partial charge is 0.238 e. The van der Waals surface area contributed by atoms with Crippen molar-refractivity contribution >= 4 is 39.9 Å². The summed E-state index contributed by atoms with van der Waals surface area (Å²) in [5, 5.41) is 3.92. The fourth-order valence-electron chi connectivity index (χ4n) is 3.34. The first-order valence-electron chi connectivity index (χ1n) is 8.57. The summed E-state index contributed by atoms with van der Waals surface area (Å²) in [6.07, 6.45) is 1.05. The zero-order valence-electron chi connectivity index (χ0n) is 14.0. The first-order valence-corrected chi connectivity index (χ1v) is 9.10. The number of carbonyl (C=O) groups is 2. The minimum Gasteiger partial charge on any atom is -0.325 e. The molecular formula is C21H17ClN2O2. The van der Waals surface area contributed by atoms with Crippen LogP contribution in [0.15, 0.2) is 54.6 Å². The van der Waals surface area contributed by atoms with Crippen LogP contribution in [0, 0.1) is 0 Å². The number of ketones is 1. The van der Waals surface area contributed by atoms with Gasteiger partial charge in [-0.25, -0.2) is 0 Å². The highest BCUT2D eigenvalue weighted by Crippen LogP contribution is 2.37. The fourth-order valence-corrected chi connectivity index (χ4v) is 3.48. The number of benzene rings is 2. The van der Waals surface area contributed by atoms with Crippen LogP contribution in [0.3, 0.4) is 0 Å². The van der Waals surface area contributed by atoms with Gasteiger partial charge in [0.25, 0.3) is 0 Å². The maximum Gasteiger partial charge on any atom is 0.238 e. The van der Waals surface area contributed by atoms with Crippen LogP contribution in [0.2, 0.25) is 0 Å². The normalized spacial score (nSPS) is 15.7. The third-order valence-electron chi connectivity index (χ3n) is 4.66. The highest BCUT2D eigenvalue weighted by molar-refractivity contribution is 6.18. The number of pyridine rings is 1. The molecule has 0 saturated heterocycles. The standard InChI is InChI=1S/C21H17ClN2O2/c22-11-3-6-19(25)14-8-9-17-15(12-14)20(21(26)24-17)18-10-7-13-4-1-2-5-16(13)23-18/h1-2,4-5,7-10,12,20H,3,6,11H2,(H,24,26). The zero-order chi connectivity index (χ0) is 18.1. The SMILES string of the molecule is O=C(CCCCl)c1ccc2c(c1)C(c1ccc3ccccc3n1)C(=O)N2. The number of hydrogen-bond donors (Lipinski definition) is 1. The molecule has 1 atom stereocenters. The monoisotopic (exact) mass is 364 g/mol. The van der Waals surface area contributed by atoms with Gasteiger partial charge in [-0.15, -0.1) is 11.6 Å². The lowest BCUT2D eigenvalue weighted by molar-refractivity contribution is -0.116. The number of rotatable bonds is 5. The van der Waals surface area contributed by atoms with Crippen LogP contribution in [0.4, 0.5) is 5.69 Å². The minimum atomic E-state index is -0.504. The van der Waals surface area contributed by atoms with E-state index in [1.165, 1.54) is 0 Å². The van der Waals surface area contributed by atoms with Crippen LogP contribution in [0.1, 0.15) is 40.4 Å². The van der Waals surface area contributed by atoms with Crippen LogP contribution >= 0.6 is 11.6 Å². The van der Waals surface area contributed by atoms with Crippen LogP contribution in [-0.2, 0) is 4.79 Å². The highest BCUT2D eigenvalue weighted by Gasteiger charge is 2.33. The molecule has 1 N–H and O–H groups in total. The third kappa shape index (κ3) is 2.97. The lowest BCUT2D eigenvalue weighted by Crippen LogP contribution is -2.14. The molecule has 4 rings (SSSR count). The molecule has 2 aromatic carbocycles. The number of Topliss-reactive ketones (excluding diaryl/α,β-unsaturated/α-hetero) is 1. The molecule has 2 heterocycles. The predicted octanol–water partition coefficient (Wildman–Crippen LogP) is 4.52. The third-order valence-corrected chi connectivity index (χ3v) is 4.93. The number of carbonyl (C=O) groups excluding carboxylic acids is 2. The van der Waals surface area contributed by atoms with Crippen molar-refractivity contribution in [2.24, 2.45) is 0 Å². The number of fused-ring (bicyclic) bond motifs is 2. The predicted molar refractivity (Wildman–Crippen MR) is 103 cm³/mol. The number of alkyl halides is 1. The van der Waals surface area contributed by atoms with E-state index in [4.69, 9.17) is 11.6 Å². The molecule has 26 heavy (non-hydrogen) atoms. The molecule has 0 fully saturated rings. The van der Waals surface area contributed by atoms with Crippen molar-refractivity contribution in [2.45, 2.75) is 18.8 Å². The van der Waals surface area contributed by atoms with Gasteiger partial charge in [-0.3, -0.25) is 14.6 Å². The van der Waals surface area contributed by atoms with E-state index in [0.717, 1.165) is 22.2 Å². The van der Waals surface area contributed by atoms with E-state index < -0.39 is 5.92 Å². The summed E-state index contributed by atoms with van der Waals surface area (Å²) in [4.78, 5) is 29.6. The topological polar surface area (TPSA) is 59.1 Å². The Morgan fingerprint density at radius 2 is 1.96 bits per heavy atom. The number of anilines is 1. The van der Waals surface area contributed by atoms with E-state index in [1.54, 1.807) is 12.1 Å². The van der Waals surface area contributed by atoms with Crippen molar-refractivity contribution < 1.29 is 9.59 Å². The number of aromatic nitrogens is 1. The van der Waals surface area contributed by atoms with Crippen LogP contribution in [-0.4, -0.2) is 22.6 Å². The molecule has 1 aliphatic heterocycles. The van der Waals surface area contributed by atoms with Crippen molar-refractivity contribution in [3.05, 3.63) is 71.4 Å². The summed E-state index contributed by atoms with van der Waals surface area (Å²) in [5.41, 5.74) is 3.68. The Morgan fingerprint density at radius 3 is 2.81 bits per heavy atom. The van der Waals surface area contributed by atoms with E-state index >= 15 is 0 Å². The molecular weight excluding hydrogens is 348 g/mol. The largest absolute Gasteiger partial charge is 0.325 e. The highest BCUT2D eigenvalue weighted by atomic mass is 35.5. The molecule has 0 aliphatic carbocycles. The van der Waals surface area contributed by atoms with Crippen LogP contribution in [0.25, 0.3) is 10.9 Å². The second-order valence-corrected chi connectivity index (χ2v) is 6.75. The van der Waals surface area contributed by atoms with Gasteiger partial charge in [-0.2, -0.15) is 0 Å². The molecule has 1 unspecified atom stereocenters. The summed E-state index contributed by atoms with van der Waals surface area (Å²) in [5.74, 6) is -0.123. The van der Waals surface area contributed by atoms with Gasteiger partial charge in [0.2, 0.25) is 5.91 Å². The lowest BCUT2D eigenvalue weighted by Gasteiger charge is -2.10. The zero-order valence-corrected chi connectivity index (χ0v) is 14.8. The average Bonchev–Trinajstić information content (AvgIpc) is 3.00. The Kier molecular flexibility index (Phi) is 4.43.